The normalized spacial score (nSPS) is 13.6. The fraction of sp³-hybridized carbons (Fsp3) is 0.278. The van der Waals surface area contributed by atoms with E-state index in [0.29, 0.717) is 5.01 Å². The number of imide groups is 2. The minimum Gasteiger partial charge on any atom is -0.443 e. The predicted octanol–water partition coefficient (Wildman–Crippen LogP) is 1.54. The lowest BCUT2D eigenvalue weighted by atomic mass is 10.1. The molecular formula is C18H19N3O6. The molecule has 0 saturated heterocycles. The van der Waals surface area contributed by atoms with Crippen LogP contribution in [0.4, 0.5) is 10.5 Å². The Hall–Kier alpha value is -3.49. The van der Waals surface area contributed by atoms with Crippen molar-refractivity contribution >= 4 is 35.4 Å². The van der Waals surface area contributed by atoms with Gasteiger partial charge in [-0.05, 0) is 45.0 Å². The molecule has 0 spiro atoms. The molecule has 1 aromatic carbocycles. The summed E-state index contributed by atoms with van der Waals surface area (Å²) in [5.41, 5.74) is 1.64. The number of rotatable bonds is 2. The van der Waals surface area contributed by atoms with Crippen LogP contribution in [0.3, 0.4) is 0 Å². The molecule has 0 saturated carbocycles. The smallest absolute Gasteiger partial charge is 0.427 e. The minimum absolute atomic E-state index is 0.0667. The number of hydrogen-bond acceptors (Lipinski definition) is 6. The van der Waals surface area contributed by atoms with Gasteiger partial charge in [-0.15, -0.1) is 0 Å². The Morgan fingerprint density at radius 3 is 1.96 bits per heavy atom. The molecule has 1 heterocycles. The van der Waals surface area contributed by atoms with E-state index in [-0.39, 0.29) is 11.3 Å². The van der Waals surface area contributed by atoms with Crippen LogP contribution < -0.4 is 10.3 Å². The number of carbonyl (C=O) groups excluding carboxylic acids is 5. The van der Waals surface area contributed by atoms with Gasteiger partial charge in [0, 0.05) is 24.6 Å². The molecule has 1 aliphatic heterocycles. The summed E-state index contributed by atoms with van der Waals surface area (Å²) in [4.78, 5) is 60.4. The molecule has 0 unspecified atom stereocenters. The summed E-state index contributed by atoms with van der Waals surface area (Å²) in [6.45, 7) is 6.03. The van der Waals surface area contributed by atoms with Gasteiger partial charge in [0.1, 0.15) is 5.60 Å². The lowest BCUT2D eigenvalue weighted by molar-refractivity contribution is -0.128. The number of benzene rings is 1. The molecule has 1 aliphatic rings. The van der Waals surface area contributed by atoms with Crippen molar-refractivity contribution in [2.75, 3.05) is 4.90 Å². The topological polar surface area (TPSA) is 113 Å². The zero-order valence-electron chi connectivity index (χ0n) is 15.3. The average molecular weight is 373 g/mol. The van der Waals surface area contributed by atoms with Crippen LogP contribution in [0.15, 0.2) is 36.4 Å². The van der Waals surface area contributed by atoms with Crippen molar-refractivity contribution < 1.29 is 28.7 Å². The number of hydrazine groups is 1. The highest BCUT2D eigenvalue weighted by atomic mass is 16.6. The van der Waals surface area contributed by atoms with Crippen molar-refractivity contribution in [3.8, 4) is 0 Å². The third kappa shape index (κ3) is 4.78. The quantitative estimate of drug-likeness (QED) is 0.621. The molecule has 9 nitrogen and oxygen atoms in total. The van der Waals surface area contributed by atoms with E-state index in [9.17, 15) is 24.0 Å². The molecule has 142 valence electrons. The number of nitrogens with one attached hydrogen (secondary N) is 1. The first-order valence-corrected chi connectivity index (χ1v) is 8.00. The van der Waals surface area contributed by atoms with Crippen molar-refractivity contribution in [1.29, 1.82) is 0 Å². The molecule has 27 heavy (non-hydrogen) atoms. The van der Waals surface area contributed by atoms with E-state index < -0.39 is 35.3 Å². The molecule has 0 atom stereocenters. The number of amides is 5. The van der Waals surface area contributed by atoms with Crippen LogP contribution in [0.2, 0.25) is 0 Å². The minimum atomic E-state index is -0.956. The molecule has 0 aromatic heterocycles. The van der Waals surface area contributed by atoms with E-state index in [0.717, 1.165) is 24.0 Å². The monoisotopic (exact) mass is 373 g/mol. The Morgan fingerprint density at radius 2 is 1.52 bits per heavy atom. The standard InChI is InChI=1S/C18H19N3O6/c1-11(22)21(19-17(26)27-18(2,3)4)16(25)12-5-7-13(8-6-12)20-14(23)9-10-15(20)24/h5-10H,1-4H3,(H,19,26). The van der Waals surface area contributed by atoms with Crippen LogP contribution >= 0.6 is 0 Å². The third-order valence-electron chi connectivity index (χ3n) is 3.30. The van der Waals surface area contributed by atoms with Crippen molar-refractivity contribution in [3.63, 3.8) is 0 Å². The summed E-state index contributed by atoms with van der Waals surface area (Å²) in [5.74, 6) is -2.49. The highest BCUT2D eigenvalue weighted by molar-refractivity contribution is 6.28. The van der Waals surface area contributed by atoms with E-state index in [2.05, 4.69) is 5.43 Å². The van der Waals surface area contributed by atoms with Gasteiger partial charge in [-0.25, -0.2) is 15.1 Å². The van der Waals surface area contributed by atoms with E-state index in [4.69, 9.17) is 4.74 Å². The molecule has 1 aromatic rings. The second-order valence-electron chi connectivity index (χ2n) is 6.67. The maximum absolute atomic E-state index is 12.5. The van der Waals surface area contributed by atoms with Gasteiger partial charge in [0.2, 0.25) is 5.91 Å². The van der Waals surface area contributed by atoms with E-state index >= 15 is 0 Å². The number of hydrogen-bond donors (Lipinski definition) is 1. The average Bonchev–Trinajstić information content (AvgIpc) is 2.89. The Balaban J connectivity index is 2.16. The van der Waals surface area contributed by atoms with Crippen LogP contribution in [0.25, 0.3) is 0 Å². The number of carbonyl (C=O) groups is 5. The van der Waals surface area contributed by atoms with Gasteiger partial charge in [-0.2, -0.15) is 5.01 Å². The summed E-state index contributed by atoms with van der Waals surface area (Å²) in [7, 11) is 0. The zero-order chi connectivity index (χ0) is 20.4. The maximum Gasteiger partial charge on any atom is 0.427 e. The molecule has 0 fully saturated rings. The zero-order valence-corrected chi connectivity index (χ0v) is 15.3. The molecule has 0 bridgehead atoms. The van der Waals surface area contributed by atoms with Crippen LogP contribution in [0.1, 0.15) is 38.1 Å². The van der Waals surface area contributed by atoms with E-state index in [1.807, 2.05) is 0 Å². The van der Waals surface area contributed by atoms with Crippen molar-refractivity contribution in [2.24, 2.45) is 0 Å². The largest absolute Gasteiger partial charge is 0.443 e. The summed E-state index contributed by atoms with van der Waals surface area (Å²) < 4.78 is 5.03. The van der Waals surface area contributed by atoms with Crippen LogP contribution in [-0.2, 0) is 19.1 Å². The van der Waals surface area contributed by atoms with Crippen molar-refractivity contribution in [3.05, 3.63) is 42.0 Å². The second kappa shape index (κ2) is 7.40. The van der Waals surface area contributed by atoms with Gasteiger partial charge in [-0.1, -0.05) is 0 Å². The Labute approximate surface area is 155 Å². The highest BCUT2D eigenvalue weighted by Crippen LogP contribution is 2.20. The number of ether oxygens (including phenoxy) is 1. The summed E-state index contributed by atoms with van der Waals surface area (Å²) in [6, 6.07) is 5.45. The van der Waals surface area contributed by atoms with E-state index in [1.54, 1.807) is 20.8 Å². The van der Waals surface area contributed by atoms with Gasteiger partial charge < -0.3 is 4.74 Å². The Morgan fingerprint density at radius 1 is 1.00 bits per heavy atom. The number of anilines is 1. The molecule has 2 rings (SSSR count). The predicted molar refractivity (Wildman–Crippen MR) is 94.3 cm³/mol. The third-order valence-corrected chi connectivity index (χ3v) is 3.30. The molecule has 0 aliphatic carbocycles. The molecule has 0 radical (unpaired) electrons. The second-order valence-corrected chi connectivity index (χ2v) is 6.67. The maximum atomic E-state index is 12.5. The first kappa shape index (κ1) is 19.8. The summed E-state index contributed by atoms with van der Waals surface area (Å²) in [6.07, 6.45) is 1.33. The molecule has 5 amide bonds. The highest BCUT2D eigenvalue weighted by Gasteiger charge is 2.27. The van der Waals surface area contributed by atoms with Gasteiger partial charge in [0.05, 0.1) is 5.69 Å². The van der Waals surface area contributed by atoms with Crippen molar-refractivity contribution in [2.45, 2.75) is 33.3 Å². The Bertz CT molecular complexity index is 818. The molecule has 9 heteroatoms. The van der Waals surface area contributed by atoms with Gasteiger partial charge in [-0.3, -0.25) is 19.2 Å². The fourth-order valence-corrected chi connectivity index (χ4v) is 2.20. The molecular weight excluding hydrogens is 354 g/mol. The van der Waals surface area contributed by atoms with E-state index in [1.165, 1.54) is 24.3 Å². The first-order chi connectivity index (χ1) is 12.5. The number of nitrogens with zero attached hydrogens (tertiary/aromatic N) is 2. The van der Waals surface area contributed by atoms with Crippen LogP contribution in [0.5, 0.6) is 0 Å². The van der Waals surface area contributed by atoms with Crippen LogP contribution in [0, 0.1) is 0 Å². The molecule has 1 N–H and O–H groups in total. The lowest BCUT2D eigenvalue weighted by Gasteiger charge is -2.24. The summed E-state index contributed by atoms with van der Waals surface area (Å²) >= 11 is 0. The Kier molecular flexibility index (Phi) is 5.44. The van der Waals surface area contributed by atoms with Crippen LogP contribution in [-0.4, -0.2) is 40.3 Å². The lowest BCUT2D eigenvalue weighted by Crippen LogP contribution is -2.50. The van der Waals surface area contributed by atoms with Crippen molar-refractivity contribution in [1.82, 2.24) is 10.4 Å². The van der Waals surface area contributed by atoms with Gasteiger partial charge >= 0.3 is 6.09 Å². The fourth-order valence-electron chi connectivity index (χ4n) is 2.20. The van der Waals surface area contributed by atoms with Gasteiger partial charge in [0.25, 0.3) is 17.7 Å². The van der Waals surface area contributed by atoms with Gasteiger partial charge in [0.15, 0.2) is 0 Å². The SMILES string of the molecule is CC(=O)N(NC(=O)OC(C)(C)C)C(=O)c1ccc(N2C(=O)C=CC2=O)cc1. The first-order valence-electron chi connectivity index (χ1n) is 8.00. The summed E-state index contributed by atoms with van der Waals surface area (Å²) in [5, 5.41) is 0.525.